The first-order valence-corrected chi connectivity index (χ1v) is 6.90. The average Bonchev–Trinajstić information content (AvgIpc) is 2.86. The molecule has 1 N–H and O–H groups in total. The smallest absolute Gasteiger partial charge is 0.182 e. The highest BCUT2D eigenvalue weighted by Gasteiger charge is 2.09. The minimum atomic E-state index is 0.521. The summed E-state index contributed by atoms with van der Waals surface area (Å²) in [6, 6.07) is 5.62. The van der Waals surface area contributed by atoms with E-state index in [1.165, 1.54) is 0 Å². The number of halogens is 2. The van der Waals surface area contributed by atoms with Gasteiger partial charge in [0.25, 0.3) is 0 Å². The first kappa shape index (κ1) is 11.3. The lowest BCUT2D eigenvalue weighted by Gasteiger charge is -2.01. The zero-order valence-electron chi connectivity index (χ0n) is 8.41. The molecule has 86 valence electrons. The number of hydrogen-bond donors (Lipinski definition) is 1. The van der Waals surface area contributed by atoms with Crippen molar-refractivity contribution in [3.05, 3.63) is 43.8 Å². The van der Waals surface area contributed by atoms with Crippen LogP contribution in [-0.2, 0) is 0 Å². The van der Waals surface area contributed by atoms with Crippen LogP contribution in [0, 0.1) is 4.77 Å². The summed E-state index contributed by atoms with van der Waals surface area (Å²) >= 11 is 19.0. The van der Waals surface area contributed by atoms with E-state index in [0.717, 1.165) is 16.7 Å². The van der Waals surface area contributed by atoms with E-state index in [0.29, 0.717) is 14.8 Å². The van der Waals surface area contributed by atoms with Gasteiger partial charge >= 0.3 is 0 Å². The highest BCUT2D eigenvalue weighted by Crippen LogP contribution is 2.29. The lowest BCUT2D eigenvalue weighted by atomic mass is 10.3. The van der Waals surface area contributed by atoms with Gasteiger partial charge < -0.3 is 4.98 Å². The van der Waals surface area contributed by atoms with Crippen LogP contribution in [0.5, 0.6) is 0 Å². The van der Waals surface area contributed by atoms with Crippen LogP contribution in [-0.4, -0.2) is 9.55 Å². The van der Waals surface area contributed by atoms with Gasteiger partial charge in [0.1, 0.15) is 0 Å². The molecule has 0 saturated carbocycles. The monoisotopic (exact) mass is 300 g/mol. The minimum Gasteiger partial charge on any atom is -0.330 e. The zero-order valence-corrected chi connectivity index (χ0v) is 11.6. The molecule has 0 amide bonds. The molecule has 1 aromatic carbocycles. The Hall–Kier alpha value is -0.810. The second-order valence-corrected chi connectivity index (χ2v) is 5.51. The van der Waals surface area contributed by atoms with Crippen LogP contribution < -0.4 is 0 Å². The number of fused-ring (bicyclic) bond motifs is 1. The molecule has 0 saturated heterocycles. The Morgan fingerprint density at radius 1 is 1.24 bits per heavy atom. The molecular weight excluding hydrogens is 295 g/mol. The summed E-state index contributed by atoms with van der Waals surface area (Å²) in [6.45, 7) is 0. The standard InChI is InChI=1S/C11H6Cl2N2S2/c12-7-3-9-10(4-8(7)13)15(11(16)14-9)6-1-2-17-5-6/h1-5H,(H,14,16). The topological polar surface area (TPSA) is 20.7 Å². The molecule has 0 aliphatic carbocycles. The third kappa shape index (κ3) is 1.81. The van der Waals surface area contributed by atoms with E-state index in [2.05, 4.69) is 4.98 Å². The van der Waals surface area contributed by atoms with Gasteiger partial charge in [0.05, 0.1) is 26.8 Å². The number of nitrogens with zero attached hydrogens (tertiary/aromatic N) is 1. The van der Waals surface area contributed by atoms with Crippen molar-refractivity contribution in [3.8, 4) is 5.69 Å². The van der Waals surface area contributed by atoms with Gasteiger partial charge in [-0.15, -0.1) is 0 Å². The van der Waals surface area contributed by atoms with Crippen LogP contribution in [0.3, 0.4) is 0 Å². The van der Waals surface area contributed by atoms with Crippen LogP contribution in [0.2, 0.25) is 10.0 Å². The van der Waals surface area contributed by atoms with E-state index < -0.39 is 0 Å². The number of rotatable bonds is 1. The molecule has 0 atom stereocenters. The van der Waals surface area contributed by atoms with Gasteiger partial charge in [-0.3, -0.25) is 4.57 Å². The molecule has 0 aliphatic heterocycles. The molecule has 0 spiro atoms. The zero-order chi connectivity index (χ0) is 12.0. The van der Waals surface area contributed by atoms with E-state index in [-0.39, 0.29) is 0 Å². The Bertz CT molecular complexity index is 741. The Morgan fingerprint density at radius 2 is 2.00 bits per heavy atom. The second-order valence-electron chi connectivity index (χ2n) is 3.53. The number of imidazole rings is 1. The fraction of sp³-hybridized carbons (Fsp3) is 0. The quantitative estimate of drug-likeness (QED) is 0.623. The first-order valence-electron chi connectivity index (χ1n) is 4.79. The molecular formula is C11H6Cl2N2S2. The van der Waals surface area contributed by atoms with Crippen molar-refractivity contribution in [2.75, 3.05) is 0 Å². The summed E-state index contributed by atoms with van der Waals surface area (Å²) in [5.41, 5.74) is 2.85. The molecule has 3 rings (SSSR count). The molecule has 0 radical (unpaired) electrons. The number of H-pyrrole nitrogens is 1. The summed E-state index contributed by atoms with van der Waals surface area (Å²) in [7, 11) is 0. The van der Waals surface area contributed by atoms with E-state index in [4.69, 9.17) is 35.4 Å². The van der Waals surface area contributed by atoms with Crippen molar-refractivity contribution in [3.63, 3.8) is 0 Å². The molecule has 0 bridgehead atoms. The summed E-state index contributed by atoms with van der Waals surface area (Å²) in [4.78, 5) is 3.12. The van der Waals surface area contributed by atoms with Gasteiger partial charge in [0.2, 0.25) is 0 Å². The van der Waals surface area contributed by atoms with Gasteiger partial charge in [-0.1, -0.05) is 23.2 Å². The predicted molar refractivity (Wildman–Crippen MR) is 76.4 cm³/mol. The van der Waals surface area contributed by atoms with Crippen LogP contribution >= 0.6 is 46.8 Å². The van der Waals surface area contributed by atoms with Gasteiger partial charge in [-0.25, -0.2) is 0 Å². The van der Waals surface area contributed by atoms with Crippen molar-refractivity contribution in [1.82, 2.24) is 9.55 Å². The SMILES string of the molecule is S=c1[nH]c2cc(Cl)c(Cl)cc2n1-c1ccsc1. The maximum Gasteiger partial charge on any atom is 0.182 e. The van der Waals surface area contributed by atoms with Gasteiger partial charge in [-0.2, -0.15) is 11.3 Å². The minimum absolute atomic E-state index is 0.521. The van der Waals surface area contributed by atoms with Crippen LogP contribution in [0.25, 0.3) is 16.7 Å². The largest absolute Gasteiger partial charge is 0.330 e. The number of aromatic nitrogens is 2. The highest BCUT2D eigenvalue weighted by molar-refractivity contribution is 7.71. The van der Waals surface area contributed by atoms with Gasteiger partial charge in [0.15, 0.2) is 4.77 Å². The maximum absolute atomic E-state index is 6.04. The average molecular weight is 301 g/mol. The Kier molecular flexibility index (Phi) is 2.75. The molecule has 17 heavy (non-hydrogen) atoms. The molecule has 0 aliphatic rings. The predicted octanol–water partition coefficient (Wildman–Crippen LogP) is 5.06. The summed E-state index contributed by atoms with van der Waals surface area (Å²) in [5.74, 6) is 0. The molecule has 2 heterocycles. The van der Waals surface area contributed by atoms with E-state index in [1.54, 1.807) is 17.4 Å². The maximum atomic E-state index is 6.04. The molecule has 2 nitrogen and oxygen atoms in total. The lowest BCUT2D eigenvalue weighted by Crippen LogP contribution is -1.90. The third-order valence-corrected chi connectivity index (χ3v) is 4.17. The molecule has 0 unspecified atom stereocenters. The van der Waals surface area contributed by atoms with Crippen molar-refractivity contribution < 1.29 is 0 Å². The van der Waals surface area contributed by atoms with Crippen molar-refractivity contribution in [2.45, 2.75) is 0 Å². The number of thiophene rings is 1. The van der Waals surface area contributed by atoms with Crippen molar-refractivity contribution in [2.24, 2.45) is 0 Å². The lowest BCUT2D eigenvalue weighted by molar-refractivity contribution is 1.07. The number of hydrogen-bond acceptors (Lipinski definition) is 2. The third-order valence-electron chi connectivity index (χ3n) is 2.49. The Morgan fingerprint density at radius 3 is 2.71 bits per heavy atom. The van der Waals surface area contributed by atoms with Crippen molar-refractivity contribution in [1.29, 1.82) is 0 Å². The second kappa shape index (κ2) is 4.14. The van der Waals surface area contributed by atoms with E-state index >= 15 is 0 Å². The molecule has 2 aromatic heterocycles. The van der Waals surface area contributed by atoms with E-state index in [1.807, 2.05) is 27.5 Å². The fourth-order valence-corrected chi connectivity index (χ4v) is 3.00. The fourth-order valence-electron chi connectivity index (χ4n) is 1.74. The molecule has 6 heteroatoms. The van der Waals surface area contributed by atoms with Crippen LogP contribution in [0.15, 0.2) is 29.0 Å². The van der Waals surface area contributed by atoms with Crippen LogP contribution in [0.1, 0.15) is 0 Å². The van der Waals surface area contributed by atoms with Crippen LogP contribution in [0.4, 0.5) is 0 Å². The summed E-state index contributed by atoms with van der Waals surface area (Å²) in [6.07, 6.45) is 0. The number of aromatic amines is 1. The Labute approximate surface area is 116 Å². The normalized spacial score (nSPS) is 11.2. The first-order chi connectivity index (χ1) is 8.16. The van der Waals surface area contributed by atoms with Gasteiger partial charge in [0, 0.05) is 5.38 Å². The number of benzene rings is 1. The number of nitrogens with one attached hydrogen (secondary N) is 1. The van der Waals surface area contributed by atoms with Crippen molar-refractivity contribution >= 4 is 57.8 Å². The summed E-state index contributed by atoms with van der Waals surface area (Å²) < 4.78 is 2.58. The summed E-state index contributed by atoms with van der Waals surface area (Å²) in [5, 5.41) is 5.09. The Balaban J connectivity index is 2.43. The van der Waals surface area contributed by atoms with E-state index in [9.17, 15) is 0 Å². The molecule has 0 fully saturated rings. The highest BCUT2D eigenvalue weighted by atomic mass is 35.5. The van der Waals surface area contributed by atoms with Gasteiger partial charge in [-0.05, 0) is 35.8 Å². The molecule has 3 aromatic rings.